The van der Waals surface area contributed by atoms with Gasteiger partial charge in [0.05, 0.1) is 0 Å². The zero-order valence-corrected chi connectivity index (χ0v) is 13.4. The van der Waals surface area contributed by atoms with Crippen LogP contribution in [0.15, 0.2) is 54.6 Å². The highest BCUT2D eigenvalue weighted by Crippen LogP contribution is 2.24. The standard InChI is InChI=1S/C18H18N6/c1-2-14(12-13-8-4-3-5-9-13)19-17-15-10-6-7-11-16(15)18-20-22-23-24(18)21-17/h3-11,14H,2,12H2,1H3,(H,19,21). The van der Waals surface area contributed by atoms with Gasteiger partial charge >= 0.3 is 0 Å². The van der Waals surface area contributed by atoms with Crippen LogP contribution in [0.1, 0.15) is 18.9 Å². The minimum Gasteiger partial charge on any atom is -0.365 e. The lowest BCUT2D eigenvalue weighted by molar-refractivity contribution is 0.675. The van der Waals surface area contributed by atoms with Crippen LogP contribution in [0.5, 0.6) is 0 Å². The number of nitrogens with one attached hydrogen (secondary N) is 1. The second-order valence-electron chi connectivity index (χ2n) is 5.83. The minimum atomic E-state index is 0.289. The fourth-order valence-corrected chi connectivity index (χ4v) is 2.94. The summed E-state index contributed by atoms with van der Waals surface area (Å²) in [5, 5.41) is 21.9. The molecule has 0 amide bonds. The molecule has 0 bridgehead atoms. The third kappa shape index (κ3) is 2.67. The van der Waals surface area contributed by atoms with Gasteiger partial charge in [-0.05, 0) is 28.8 Å². The predicted molar refractivity (Wildman–Crippen MR) is 93.9 cm³/mol. The summed E-state index contributed by atoms with van der Waals surface area (Å²) in [5.74, 6) is 0.813. The van der Waals surface area contributed by atoms with Gasteiger partial charge in [0, 0.05) is 16.8 Å². The number of rotatable bonds is 5. The van der Waals surface area contributed by atoms with Crippen molar-refractivity contribution in [3.8, 4) is 0 Å². The third-order valence-corrected chi connectivity index (χ3v) is 4.23. The number of nitrogens with zero attached hydrogens (tertiary/aromatic N) is 5. The Morgan fingerprint density at radius 1 is 1.00 bits per heavy atom. The summed E-state index contributed by atoms with van der Waals surface area (Å²) in [7, 11) is 0. The van der Waals surface area contributed by atoms with Crippen LogP contribution in [-0.2, 0) is 6.42 Å². The van der Waals surface area contributed by atoms with Gasteiger partial charge in [-0.15, -0.1) is 14.8 Å². The molecule has 2 aromatic heterocycles. The molecular weight excluding hydrogens is 300 g/mol. The van der Waals surface area contributed by atoms with E-state index < -0.39 is 0 Å². The van der Waals surface area contributed by atoms with Gasteiger partial charge < -0.3 is 5.32 Å². The first kappa shape index (κ1) is 14.6. The van der Waals surface area contributed by atoms with E-state index in [9.17, 15) is 0 Å². The SMILES string of the molecule is CCC(Cc1ccccc1)Nc1nn2nnnc2c2ccccc12. The molecular formula is C18H18N6. The molecule has 2 heterocycles. The van der Waals surface area contributed by atoms with Crippen molar-refractivity contribution in [3.63, 3.8) is 0 Å². The van der Waals surface area contributed by atoms with Crippen molar-refractivity contribution < 1.29 is 0 Å². The number of fused-ring (bicyclic) bond motifs is 3. The van der Waals surface area contributed by atoms with E-state index in [1.165, 1.54) is 10.2 Å². The van der Waals surface area contributed by atoms with E-state index in [2.05, 4.69) is 63.2 Å². The molecule has 0 saturated heterocycles. The first-order valence-corrected chi connectivity index (χ1v) is 8.12. The lowest BCUT2D eigenvalue weighted by Gasteiger charge is -2.18. The van der Waals surface area contributed by atoms with Crippen LogP contribution in [0.25, 0.3) is 16.4 Å². The van der Waals surface area contributed by atoms with E-state index in [1.807, 2.05) is 24.3 Å². The molecule has 0 aliphatic carbocycles. The lowest BCUT2D eigenvalue weighted by atomic mass is 10.0. The Balaban J connectivity index is 1.71. The molecule has 0 spiro atoms. The van der Waals surface area contributed by atoms with Crippen molar-refractivity contribution in [2.45, 2.75) is 25.8 Å². The molecule has 4 rings (SSSR count). The van der Waals surface area contributed by atoms with Crippen molar-refractivity contribution in [2.24, 2.45) is 0 Å². The van der Waals surface area contributed by atoms with Gasteiger partial charge in [0.2, 0.25) is 5.65 Å². The zero-order valence-electron chi connectivity index (χ0n) is 13.4. The molecule has 6 heteroatoms. The van der Waals surface area contributed by atoms with Crippen LogP contribution in [-0.4, -0.2) is 31.3 Å². The molecule has 0 aliphatic rings. The van der Waals surface area contributed by atoms with E-state index in [0.29, 0.717) is 5.65 Å². The molecule has 4 aromatic rings. The Kier molecular flexibility index (Phi) is 3.78. The number of benzene rings is 2. The van der Waals surface area contributed by atoms with Gasteiger partial charge in [0.1, 0.15) is 0 Å². The van der Waals surface area contributed by atoms with Crippen molar-refractivity contribution in [2.75, 3.05) is 5.32 Å². The van der Waals surface area contributed by atoms with Crippen LogP contribution in [0.4, 0.5) is 5.82 Å². The van der Waals surface area contributed by atoms with Gasteiger partial charge in [-0.25, -0.2) is 0 Å². The number of hydrogen-bond donors (Lipinski definition) is 1. The molecule has 24 heavy (non-hydrogen) atoms. The fourth-order valence-electron chi connectivity index (χ4n) is 2.94. The quantitative estimate of drug-likeness (QED) is 0.612. The zero-order chi connectivity index (χ0) is 16.4. The van der Waals surface area contributed by atoms with Crippen LogP contribution >= 0.6 is 0 Å². The van der Waals surface area contributed by atoms with Gasteiger partial charge in [-0.3, -0.25) is 0 Å². The first-order valence-electron chi connectivity index (χ1n) is 8.12. The van der Waals surface area contributed by atoms with E-state index in [-0.39, 0.29) is 6.04 Å². The molecule has 1 N–H and O–H groups in total. The predicted octanol–water partition coefficient (Wildman–Crippen LogP) is 3.11. The maximum Gasteiger partial charge on any atom is 0.207 e. The summed E-state index contributed by atoms with van der Waals surface area (Å²) in [4.78, 5) is 0. The maximum atomic E-state index is 4.56. The summed E-state index contributed by atoms with van der Waals surface area (Å²) in [6.07, 6.45) is 1.94. The normalized spacial score (nSPS) is 12.5. The van der Waals surface area contributed by atoms with Crippen LogP contribution in [0.3, 0.4) is 0 Å². The first-order chi connectivity index (χ1) is 11.8. The Bertz CT molecular complexity index is 963. The Hall–Kier alpha value is -3.02. The topological polar surface area (TPSA) is 68.0 Å². The molecule has 6 nitrogen and oxygen atoms in total. The van der Waals surface area contributed by atoms with E-state index in [1.54, 1.807) is 0 Å². The highest BCUT2D eigenvalue weighted by atomic mass is 15.6. The summed E-state index contributed by atoms with van der Waals surface area (Å²) in [6.45, 7) is 2.18. The average molecular weight is 318 g/mol. The van der Waals surface area contributed by atoms with Gasteiger partial charge in [-0.1, -0.05) is 61.5 Å². The highest BCUT2D eigenvalue weighted by molar-refractivity contribution is 5.99. The number of tetrazole rings is 1. The summed E-state index contributed by atoms with van der Waals surface area (Å²) >= 11 is 0. The van der Waals surface area contributed by atoms with Gasteiger partial charge in [0.25, 0.3) is 0 Å². The second-order valence-corrected chi connectivity index (χ2v) is 5.83. The van der Waals surface area contributed by atoms with Crippen molar-refractivity contribution in [3.05, 3.63) is 60.2 Å². The Labute approximate surface area is 139 Å². The molecule has 0 saturated carbocycles. The fraction of sp³-hybridized carbons (Fsp3) is 0.222. The Morgan fingerprint density at radius 2 is 1.75 bits per heavy atom. The largest absolute Gasteiger partial charge is 0.365 e. The van der Waals surface area contributed by atoms with Crippen LogP contribution < -0.4 is 5.32 Å². The molecule has 0 fully saturated rings. The molecule has 0 aliphatic heterocycles. The van der Waals surface area contributed by atoms with Crippen molar-refractivity contribution in [1.29, 1.82) is 0 Å². The maximum absolute atomic E-state index is 4.56. The summed E-state index contributed by atoms with van der Waals surface area (Å²) in [6, 6.07) is 18.8. The highest BCUT2D eigenvalue weighted by Gasteiger charge is 2.14. The summed E-state index contributed by atoms with van der Waals surface area (Å²) in [5.41, 5.74) is 1.98. The van der Waals surface area contributed by atoms with Crippen LogP contribution in [0.2, 0.25) is 0 Å². The second kappa shape index (κ2) is 6.23. The number of hydrogen-bond acceptors (Lipinski definition) is 5. The van der Waals surface area contributed by atoms with Gasteiger partial charge in [-0.2, -0.15) is 0 Å². The van der Waals surface area contributed by atoms with Crippen molar-refractivity contribution >= 4 is 22.2 Å². The number of aromatic nitrogens is 5. The lowest BCUT2D eigenvalue weighted by Crippen LogP contribution is -2.22. The minimum absolute atomic E-state index is 0.289. The Morgan fingerprint density at radius 3 is 2.54 bits per heavy atom. The van der Waals surface area contributed by atoms with E-state index in [4.69, 9.17) is 0 Å². The van der Waals surface area contributed by atoms with Crippen molar-refractivity contribution in [1.82, 2.24) is 25.3 Å². The molecule has 120 valence electrons. The third-order valence-electron chi connectivity index (χ3n) is 4.23. The number of anilines is 1. The monoisotopic (exact) mass is 318 g/mol. The van der Waals surface area contributed by atoms with E-state index in [0.717, 1.165) is 29.4 Å². The average Bonchev–Trinajstić information content (AvgIpc) is 3.11. The molecule has 1 unspecified atom stereocenters. The smallest absolute Gasteiger partial charge is 0.207 e. The molecule has 1 atom stereocenters. The van der Waals surface area contributed by atoms with E-state index >= 15 is 0 Å². The molecule has 0 radical (unpaired) electrons. The van der Waals surface area contributed by atoms with Gasteiger partial charge in [0.15, 0.2) is 5.82 Å². The molecule has 2 aromatic carbocycles. The van der Waals surface area contributed by atoms with Crippen LogP contribution in [0, 0.1) is 0 Å². The summed E-state index contributed by atoms with van der Waals surface area (Å²) < 4.78 is 1.49.